The highest BCUT2D eigenvalue weighted by Crippen LogP contribution is 2.34. The second kappa shape index (κ2) is 19.2. The Morgan fingerprint density at radius 3 is 2.14 bits per heavy atom. The third-order valence-electron chi connectivity index (χ3n) is 9.58. The van der Waals surface area contributed by atoms with E-state index in [1.54, 1.807) is 0 Å². The van der Waals surface area contributed by atoms with Crippen molar-refractivity contribution in [1.29, 1.82) is 0 Å². The molecule has 0 aromatic carbocycles. The largest absolute Gasteiger partial charge is 0.395 e. The first-order valence-corrected chi connectivity index (χ1v) is 17.1. The van der Waals surface area contributed by atoms with Gasteiger partial charge in [-0.25, -0.2) is 0 Å². The van der Waals surface area contributed by atoms with Crippen LogP contribution in [0.25, 0.3) is 0 Å². The summed E-state index contributed by atoms with van der Waals surface area (Å²) in [5, 5.41) is 78.6. The van der Waals surface area contributed by atoms with Gasteiger partial charge >= 0.3 is 0 Å². The van der Waals surface area contributed by atoms with E-state index in [0.717, 1.165) is 0 Å². The number of nitrogens with one attached hydrogen (secondary N) is 2. The molecule has 0 aromatic rings. The lowest BCUT2D eigenvalue weighted by Crippen LogP contribution is -2.67. The highest BCUT2D eigenvalue weighted by molar-refractivity contribution is 5.80. The van der Waals surface area contributed by atoms with Crippen LogP contribution in [0.3, 0.4) is 0 Å². The number of aliphatic hydroxyl groups is 7. The molecule has 21 nitrogen and oxygen atoms in total. The number of rotatable bonds is 16. The molecule has 18 atom stereocenters. The number of carbonyl (C=O) groups is 1. The maximum absolute atomic E-state index is 12.7. The molecule has 3 heterocycles. The Labute approximate surface area is 289 Å². The van der Waals surface area contributed by atoms with Gasteiger partial charge < -0.3 is 103 Å². The van der Waals surface area contributed by atoms with E-state index < -0.39 is 117 Å². The second-order valence-corrected chi connectivity index (χ2v) is 13.2. The molecular formula is C29H57N7O14. The van der Waals surface area contributed by atoms with E-state index >= 15 is 0 Å². The zero-order valence-electron chi connectivity index (χ0n) is 27.8. The van der Waals surface area contributed by atoms with E-state index in [0.29, 0.717) is 25.9 Å². The van der Waals surface area contributed by atoms with Gasteiger partial charge in [0.1, 0.15) is 61.0 Å². The van der Waals surface area contributed by atoms with Crippen LogP contribution in [-0.2, 0) is 33.2 Å². The third kappa shape index (κ3) is 9.82. The molecule has 21 heteroatoms. The van der Waals surface area contributed by atoms with Gasteiger partial charge in [0.15, 0.2) is 18.9 Å². The normalized spacial score (nSPS) is 44.6. The van der Waals surface area contributed by atoms with Crippen LogP contribution in [0.1, 0.15) is 25.7 Å². The minimum Gasteiger partial charge on any atom is -0.395 e. The first kappa shape index (κ1) is 41.5. The van der Waals surface area contributed by atoms with Gasteiger partial charge in [-0.15, -0.1) is 0 Å². The maximum Gasteiger partial charge on any atom is 0.249 e. The molecule has 3 aliphatic heterocycles. The van der Waals surface area contributed by atoms with Gasteiger partial charge in [-0.3, -0.25) is 4.79 Å². The van der Waals surface area contributed by atoms with Crippen LogP contribution in [0, 0.1) is 0 Å². The van der Waals surface area contributed by atoms with Crippen molar-refractivity contribution in [2.24, 2.45) is 28.7 Å². The van der Waals surface area contributed by atoms with E-state index in [1.807, 2.05) is 0 Å². The SMILES string of the molecule is NCCC(O)C(=O)N[C@@H]1C[C@H](N)[C@@H](O[C@H]2O[C@H](CNCCO)CC[C@H]2N)[C@H](O[C@@H]2O[C@H](CO)[C@@H](O[C@H]3O[C@@H](CN)[C@@H](O)[C@H](O)[C@H]3N)[C@H]2O)[C@H]1O. The number of aliphatic hydroxyl groups excluding tert-OH is 7. The standard InChI is InChI=1S/C29H57N7O14/c30-4-3-15(39)26(44)36-14-7-13(33)23(48-27-12(32)2-1-11(45-27)9-35-5-6-37)25(19(14)40)50-29-22(43)24(17(10-38)47-29)49-28-18(34)21(42)20(41)16(8-31)46-28/h11-25,27-29,35,37-43H,1-10,30-34H2,(H,36,44)/t11-,12+,13-,14+,15?,16-,17+,18+,19-,20+,21+,22+,23+,24+,25+,27+,28+,29-/m0/s1. The summed E-state index contributed by atoms with van der Waals surface area (Å²) in [6.45, 7) is -0.0994. The van der Waals surface area contributed by atoms with Crippen LogP contribution in [0.15, 0.2) is 0 Å². The molecule has 0 radical (unpaired) electrons. The molecular weight excluding hydrogens is 670 g/mol. The average Bonchev–Trinajstić information content (AvgIpc) is 3.39. The van der Waals surface area contributed by atoms with Gasteiger partial charge in [-0.05, 0) is 32.2 Å². The molecule has 1 saturated carbocycles. The summed E-state index contributed by atoms with van der Waals surface area (Å²) in [6, 6.07) is -3.83. The van der Waals surface area contributed by atoms with Gasteiger partial charge in [0.05, 0.1) is 37.4 Å². The van der Waals surface area contributed by atoms with Crippen LogP contribution < -0.4 is 39.3 Å². The molecule has 4 aliphatic rings. The summed E-state index contributed by atoms with van der Waals surface area (Å²) in [7, 11) is 0. The van der Waals surface area contributed by atoms with E-state index in [-0.39, 0.29) is 38.6 Å². The number of amides is 1. The highest BCUT2D eigenvalue weighted by Gasteiger charge is 2.54. The van der Waals surface area contributed by atoms with Crippen molar-refractivity contribution >= 4 is 5.91 Å². The van der Waals surface area contributed by atoms with Crippen molar-refractivity contribution in [2.45, 2.75) is 136 Å². The minimum atomic E-state index is -1.65. The van der Waals surface area contributed by atoms with Crippen molar-refractivity contribution in [3.8, 4) is 0 Å². The molecule has 0 aromatic heterocycles. The van der Waals surface area contributed by atoms with Gasteiger partial charge in [0.2, 0.25) is 5.91 Å². The Morgan fingerprint density at radius 2 is 1.48 bits per heavy atom. The van der Waals surface area contributed by atoms with Crippen LogP contribution >= 0.6 is 0 Å². The summed E-state index contributed by atoms with van der Waals surface area (Å²) in [5.41, 5.74) is 30.1. The molecule has 50 heavy (non-hydrogen) atoms. The summed E-state index contributed by atoms with van der Waals surface area (Å²) in [5.74, 6) is -0.793. The van der Waals surface area contributed by atoms with E-state index in [4.69, 9.17) is 62.2 Å². The fourth-order valence-electron chi connectivity index (χ4n) is 6.65. The quantitative estimate of drug-likeness (QED) is 0.0656. The fraction of sp³-hybridized carbons (Fsp3) is 0.966. The zero-order valence-corrected chi connectivity index (χ0v) is 27.8. The average molecular weight is 728 g/mol. The first-order valence-electron chi connectivity index (χ1n) is 17.1. The lowest BCUT2D eigenvalue weighted by Gasteiger charge is -2.46. The lowest BCUT2D eigenvalue weighted by molar-refractivity contribution is -0.290. The number of hydrogen-bond acceptors (Lipinski definition) is 20. The Morgan fingerprint density at radius 1 is 0.800 bits per heavy atom. The van der Waals surface area contributed by atoms with E-state index in [9.17, 15) is 35.4 Å². The molecule has 0 spiro atoms. The predicted octanol–water partition coefficient (Wildman–Crippen LogP) is -8.35. The zero-order chi connectivity index (χ0) is 36.7. The van der Waals surface area contributed by atoms with E-state index in [2.05, 4.69) is 10.6 Å². The van der Waals surface area contributed by atoms with E-state index in [1.165, 1.54) is 0 Å². The highest BCUT2D eigenvalue weighted by atomic mass is 16.8. The van der Waals surface area contributed by atoms with Gasteiger partial charge in [-0.1, -0.05) is 0 Å². The van der Waals surface area contributed by atoms with Crippen molar-refractivity contribution in [1.82, 2.24) is 10.6 Å². The van der Waals surface area contributed by atoms with Crippen molar-refractivity contribution in [3.05, 3.63) is 0 Å². The number of ether oxygens (including phenoxy) is 6. The fourth-order valence-corrected chi connectivity index (χ4v) is 6.65. The van der Waals surface area contributed by atoms with Crippen molar-refractivity contribution in [2.75, 3.05) is 39.4 Å². The Bertz CT molecular complexity index is 1040. The molecule has 1 unspecified atom stereocenters. The topological polar surface area (TPSA) is 368 Å². The number of carbonyl (C=O) groups excluding carboxylic acids is 1. The monoisotopic (exact) mass is 727 g/mol. The predicted molar refractivity (Wildman–Crippen MR) is 170 cm³/mol. The second-order valence-electron chi connectivity index (χ2n) is 13.2. The lowest BCUT2D eigenvalue weighted by atomic mass is 9.83. The Hall–Kier alpha value is -1.29. The summed E-state index contributed by atoms with van der Waals surface area (Å²) in [4.78, 5) is 12.7. The summed E-state index contributed by atoms with van der Waals surface area (Å²) in [6.07, 6.45) is -16.9. The smallest absolute Gasteiger partial charge is 0.249 e. The minimum absolute atomic E-state index is 0.0251. The Balaban J connectivity index is 1.54. The third-order valence-corrected chi connectivity index (χ3v) is 9.58. The summed E-state index contributed by atoms with van der Waals surface area (Å²) >= 11 is 0. The van der Waals surface area contributed by atoms with Gasteiger partial charge in [-0.2, -0.15) is 0 Å². The number of nitrogens with two attached hydrogens (primary N) is 5. The molecule has 1 amide bonds. The first-order chi connectivity index (χ1) is 23.8. The van der Waals surface area contributed by atoms with Crippen molar-refractivity contribution < 1.29 is 69.0 Å². The molecule has 292 valence electrons. The molecule has 0 bridgehead atoms. The molecule has 1 aliphatic carbocycles. The molecule has 19 N–H and O–H groups in total. The molecule has 3 saturated heterocycles. The van der Waals surface area contributed by atoms with Gasteiger partial charge in [0.25, 0.3) is 0 Å². The maximum atomic E-state index is 12.7. The van der Waals surface area contributed by atoms with Gasteiger partial charge in [0, 0.05) is 25.7 Å². The molecule has 4 rings (SSSR count). The Kier molecular flexibility index (Phi) is 15.9. The summed E-state index contributed by atoms with van der Waals surface area (Å²) < 4.78 is 35.8. The van der Waals surface area contributed by atoms with Crippen LogP contribution in [-0.4, -0.2) is 191 Å². The van der Waals surface area contributed by atoms with Crippen LogP contribution in [0.2, 0.25) is 0 Å². The van der Waals surface area contributed by atoms with Crippen molar-refractivity contribution in [3.63, 3.8) is 0 Å². The van der Waals surface area contributed by atoms with Crippen LogP contribution in [0.4, 0.5) is 0 Å². The molecule has 4 fully saturated rings. The van der Waals surface area contributed by atoms with Crippen LogP contribution in [0.5, 0.6) is 0 Å². The number of hydrogen-bond donors (Lipinski definition) is 14.